The topological polar surface area (TPSA) is 51.8 Å². The standard InChI is InChI=1S/C13H10ClN3OS2/c1-8-16-17-13(20-8)19-7-12-15-6-11(18-12)9-2-4-10(14)5-3-9/h2-6H,7H2,1H3. The van der Waals surface area contributed by atoms with Crippen LogP contribution in [0.2, 0.25) is 5.02 Å². The Balaban J connectivity index is 1.69. The van der Waals surface area contributed by atoms with Crippen molar-refractivity contribution in [3.63, 3.8) is 0 Å². The molecule has 0 aliphatic heterocycles. The van der Waals surface area contributed by atoms with E-state index in [9.17, 15) is 0 Å². The van der Waals surface area contributed by atoms with Gasteiger partial charge < -0.3 is 4.42 Å². The highest BCUT2D eigenvalue weighted by Gasteiger charge is 2.08. The number of hydrogen-bond donors (Lipinski definition) is 0. The van der Waals surface area contributed by atoms with Gasteiger partial charge in [-0.25, -0.2) is 4.98 Å². The highest BCUT2D eigenvalue weighted by atomic mass is 35.5. The molecule has 0 saturated carbocycles. The molecule has 0 radical (unpaired) electrons. The predicted molar refractivity (Wildman–Crippen MR) is 81.2 cm³/mol. The maximum Gasteiger partial charge on any atom is 0.205 e. The van der Waals surface area contributed by atoms with Gasteiger partial charge in [0, 0.05) is 10.6 Å². The van der Waals surface area contributed by atoms with Crippen molar-refractivity contribution >= 4 is 34.7 Å². The number of rotatable bonds is 4. The van der Waals surface area contributed by atoms with E-state index in [0.717, 1.165) is 20.7 Å². The van der Waals surface area contributed by atoms with E-state index in [2.05, 4.69) is 15.2 Å². The van der Waals surface area contributed by atoms with Crippen LogP contribution < -0.4 is 0 Å². The summed E-state index contributed by atoms with van der Waals surface area (Å²) < 4.78 is 6.64. The second kappa shape index (κ2) is 5.95. The summed E-state index contributed by atoms with van der Waals surface area (Å²) in [7, 11) is 0. The van der Waals surface area contributed by atoms with Gasteiger partial charge in [0.05, 0.1) is 11.9 Å². The number of hydrogen-bond acceptors (Lipinski definition) is 6. The summed E-state index contributed by atoms with van der Waals surface area (Å²) in [6.07, 6.45) is 1.73. The van der Waals surface area contributed by atoms with Crippen molar-refractivity contribution in [3.05, 3.63) is 46.4 Å². The molecule has 3 rings (SSSR count). The van der Waals surface area contributed by atoms with E-state index in [0.29, 0.717) is 16.7 Å². The van der Waals surface area contributed by atoms with Gasteiger partial charge in [-0.3, -0.25) is 0 Å². The lowest BCUT2D eigenvalue weighted by molar-refractivity contribution is 0.530. The molecule has 0 saturated heterocycles. The van der Waals surface area contributed by atoms with Crippen molar-refractivity contribution in [2.24, 2.45) is 0 Å². The van der Waals surface area contributed by atoms with Gasteiger partial charge in [0.2, 0.25) is 5.89 Å². The molecule has 4 nitrogen and oxygen atoms in total. The second-order valence-corrected chi connectivity index (χ2v) is 6.84. The summed E-state index contributed by atoms with van der Waals surface area (Å²) >= 11 is 9.00. The van der Waals surface area contributed by atoms with Gasteiger partial charge in [-0.05, 0) is 31.2 Å². The van der Waals surface area contributed by atoms with Gasteiger partial charge in [0.25, 0.3) is 0 Å². The summed E-state index contributed by atoms with van der Waals surface area (Å²) in [6, 6.07) is 7.48. The third-order valence-corrected chi connectivity index (χ3v) is 4.72. The van der Waals surface area contributed by atoms with Gasteiger partial charge >= 0.3 is 0 Å². The number of aromatic nitrogens is 3. The number of oxazole rings is 1. The molecule has 102 valence electrons. The van der Waals surface area contributed by atoms with E-state index in [1.54, 1.807) is 29.3 Å². The van der Waals surface area contributed by atoms with E-state index in [1.807, 2.05) is 31.2 Å². The van der Waals surface area contributed by atoms with Crippen molar-refractivity contribution in [3.8, 4) is 11.3 Å². The van der Waals surface area contributed by atoms with Crippen LogP contribution >= 0.6 is 34.7 Å². The molecule has 0 bridgehead atoms. The van der Waals surface area contributed by atoms with Crippen LogP contribution in [0, 0.1) is 6.92 Å². The van der Waals surface area contributed by atoms with Crippen LogP contribution in [0.4, 0.5) is 0 Å². The molecule has 0 N–H and O–H groups in total. The molecule has 0 unspecified atom stereocenters. The Morgan fingerprint density at radius 2 is 2.05 bits per heavy atom. The Morgan fingerprint density at radius 3 is 2.75 bits per heavy atom. The van der Waals surface area contributed by atoms with Crippen LogP contribution in [0.1, 0.15) is 10.9 Å². The quantitative estimate of drug-likeness (QED) is 0.664. The number of halogens is 1. The molecule has 0 fully saturated rings. The lowest BCUT2D eigenvalue weighted by Gasteiger charge is -1.96. The molecule has 1 aromatic carbocycles. The van der Waals surface area contributed by atoms with Crippen LogP contribution in [0.3, 0.4) is 0 Å². The lowest BCUT2D eigenvalue weighted by Crippen LogP contribution is -1.78. The van der Waals surface area contributed by atoms with Crippen molar-refractivity contribution < 1.29 is 4.42 Å². The molecule has 0 aliphatic carbocycles. The molecule has 2 aromatic heterocycles. The fourth-order valence-electron chi connectivity index (χ4n) is 1.58. The first-order valence-corrected chi connectivity index (χ1v) is 8.02. The maximum absolute atomic E-state index is 5.86. The van der Waals surface area contributed by atoms with Crippen LogP contribution in [-0.4, -0.2) is 15.2 Å². The van der Waals surface area contributed by atoms with Gasteiger partial charge in [0.15, 0.2) is 10.1 Å². The molecule has 20 heavy (non-hydrogen) atoms. The zero-order valence-electron chi connectivity index (χ0n) is 10.5. The largest absolute Gasteiger partial charge is 0.440 e. The number of benzene rings is 1. The van der Waals surface area contributed by atoms with Crippen LogP contribution in [-0.2, 0) is 5.75 Å². The normalized spacial score (nSPS) is 10.9. The van der Waals surface area contributed by atoms with Crippen molar-refractivity contribution in [1.29, 1.82) is 0 Å². The molecule has 3 aromatic rings. The summed E-state index contributed by atoms with van der Waals surface area (Å²) in [4.78, 5) is 4.27. The van der Waals surface area contributed by atoms with Crippen LogP contribution in [0.5, 0.6) is 0 Å². The predicted octanol–water partition coefficient (Wildman–Crippen LogP) is 4.45. The third kappa shape index (κ3) is 3.20. The lowest BCUT2D eigenvalue weighted by atomic mass is 10.2. The van der Waals surface area contributed by atoms with Gasteiger partial charge in [-0.2, -0.15) is 0 Å². The first-order valence-electron chi connectivity index (χ1n) is 5.84. The van der Waals surface area contributed by atoms with Crippen molar-refractivity contribution in [1.82, 2.24) is 15.2 Å². The van der Waals surface area contributed by atoms with Crippen LogP contribution in [0.15, 0.2) is 39.2 Å². The fraction of sp³-hybridized carbons (Fsp3) is 0.154. The molecule has 0 amide bonds. The summed E-state index contributed by atoms with van der Waals surface area (Å²) in [5.41, 5.74) is 0.963. The average molecular weight is 324 g/mol. The minimum atomic E-state index is 0.641. The van der Waals surface area contributed by atoms with E-state index >= 15 is 0 Å². The number of thioether (sulfide) groups is 1. The smallest absolute Gasteiger partial charge is 0.205 e. The van der Waals surface area contributed by atoms with Gasteiger partial charge in [0.1, 0.15) is 5.01 Å². The fourth-order valence-corrected chi connectivity index (χ4v) is 3.38. The third-order valence-electron chi connectivity index (χ3n) is 2.51. The molecule has 2 heterocycles. The zero-order valence-corrected chi connectivity index (χ0v) is 12.9. The molecule has 0 aliphatic rings. The van der Waals surface area contributed by atoms with Crippen molar-refractivity contribution in [2.45, 2.75) is 17.0 Å². The average Bonchev–Trinajstić information content (AvgIpc) is 3.06. The molecule has 7 heteroatoms. The minimum absolute atomic E-state index is 0.641. The number of nitrogens with zero attached hydrogens (tertiary/aromatic N) is 3. The first-order chi connectivity index (χ1) is 9.70. The molecule has 0 atom stereocenters. The van der Waals surface area contributed by atoms with E-state index < -0.39 is 0 Å². The van der Waals surface area contributed by atoms with Crippen LogP contribution in [0.25, 0.3) is 11.3 Å². The highest BCUT2D eigenvalue weighted by molar-refractivity contribution is 8.00. The summed E-state index contributed by atoms with van der Waals surface area (Å²) in [6.45, 7) is 1.94. The van der Waals surface area contributed by atoms with Gasteiger partial charge in [-0.1, -0.05) is 34.7 Å². The Hall–Kier alpha value is -1.37. The zero-order chi connectivity index (χ0) is 13.9. The molecule has 0 spiro atoms. The highest BCUT2D eigenvalue weighted by Crippen LogP contribution is 2.28. The maximum atomic E-state index is 5.86. The monoisotopic (exact) mass is 323 g/mol. The molecular formula is C13H10ClN3OS2. The van der Waals surface area contributed by atoms with Crippen molar-refractivity contribution in [2.75, 3.05) is 0 Å². The first kappa shape index (κ1) is 13.6. The Kier molecular flexibility index (Phi) is 4.05. The summed E-state index contributed by atoms with van der Waals surface area (Å²) in [5, 5.41) is 9.69. The Bertz CT molecular complexity index is 708. The Labute approximate surface area is 129 Å². The Morgan fingerprint density at radius 1 is 1.25 bits per heavy atom. The number of aryl methyl sites for hydroxylation is 1. The molecular weight excluding hydrogens is 314 g/mol. The van der Waals surface area contributed by atoms with E-state index in [1.165, 1.54) is 0 Å². The minimum Gasteiger partial charge on any atom is -0.440 e. The van der Waals surface area contributed by atoms with E-state index in [4.69, 9.17) is 16.0 Å². The summed E-state index contributed by atoms with van der Waals surface area (Å²) in [5.74, 6) is 2.06. The van der Waals surface area contributed by atoms with Gasteiger partial charge in [-0.15, -0.1) is 10.2 Å². The van der Waals surface area contributed by atoms with E-state index in [-0.39, 0.29) is 0 Å². The SMILES string of the molecule is Cc1nnc(SCc2ncc(-c3ccc(Cl)cc3)o2)s1. The second-order valence-electron chi connectivity index (χ2n) is 4.00.